The Morgan fingerprint density at radius 2 is 2.00 bits per heavy atom. The molecular weight excluding hydrogens is 160 g/mol. The molecule has 0 bridgehead atoms. The first kappa shape index (κ1) is 12.4. The summed E-state index contributed by atoms with van der Waals surface area (Å²) in [5, 5.41) is 0. The molecule has 0 aliphatic heterocycles. The number of carbonyl (C=O) groups is 1. The zero-order chi connectivity index (χ0) is 9.94. The Bertz CT molecular complexity index is 129. The first-order valence-electron chi connectivity index (χ1n) is 5.41. The van der Waals surface area contributed by atoms with E-state index in [2.05, 4.69) is 13.5 Å². The third kappa shape index (κ3) is 7.76. The van der Waals surface area contributed by atoms with Crippen molar-refractivity contribution in [2.45, 2.75) is 51.9 Å². The minimum absolute atomic E-state index is 0.557. The maximum absolute atomic E-state index is 10.2. The molecule has 76 valence electrons. The molecule has 0 amide bonds. The third-order valence-electron chi connectivity index (χ3n) is 2.42. The first-order valence-corrected chi connectivity index (χ1v) is 5.41. The van der Waals surface area contributed by atoms with E-state index in [0.29, 0.717) is 12.3 Å². The van der Waals surface area contributed by atoms with E-state index in [1.54, 1.807) is 0 Å². The lowest BCUT2D eigenvalue weighted by atomic mass is 9.96. The Kier molecular flexibility index (Phi) is 9.07. The molecule has 1 nitrogen and oxygen atoms in total. The summed E-state index contributed by atoms with van der Waals surface area (Å²) in [6, 6.07) is 0. The van der Waals surface area contributed by atoms with E-state index in [4.69, 9.17) is 0 Å². The monoisotopic (exact) mass is 182 g/mol. The standard InChI is InChI=1S/C12H22O/c1-3-5-6-7-9-12(4-2)10-8-11-13/h4,11-12H,2-3,5-10H2,1H3/t12-/m1/s1. The van der Waals surface area contributed by atoms with Crippen LogP contribution in [-0.2, 0) is 4.79 Å². The van der Waals surface area contributed by atoms with Crippen molar-refractivity contribution in [2.75, 3.05) is 0 Å². The van der Waals surface area contributed by atoms with Crippen LogP contribution in [0.4, 0.5) is 0 Å². The fourth-order valence-electron chi connectivity index (χ4n) is 1.50. The van der Waals surface area contributed by atoms with Crippen LogP contribution in [0.3, 0.4) is 0 Å². The highest BCUT2D eigenvalue weighted by Crippen LogP contribution is 2.16. The van der Waals surface area contributed by atoms with Crippen LogP contribution in [0.1, 0.15) is 51.9 Å². The normalized spacial score (nSPS) is 12.4. The number of aldehydes is 1. The van der Waals surface area contributed by atoms with Crippen molar-refractivity contribution < 1.29 is 4.79 Å². The molecule has 0 aromatic rings. The van der Waals surface area contributed by atoms with Gasteiger partial charge in [0.25, 0.3) is 0 Å². The lowest BCUT2D eigenvalue weighted by Gasteiger charge is -2.09. The largest absolute Gasteiger partial charge is 0.303 e. The van der Waals surface area contributed by atoms with Gasteiger partial charge in [0.2, 0.25) is 0 Å². The summed E-state index contributed by atoms with van der Waals surface area (Å²) in [4.78, 5) is 10.2. The van der Waals surface area contributed by atoms with Crippen molar-refractivity contribution >= 4 is 6.29 Å². The fourth-order valence-corrected chi connectivity index (χ4v) is 1.50. The van der Waals surface area contributed by atoms with Crippen LogP contribution in [0, 0.1) is 5.92 Å². The molecule has 13 heavy (non-hydrogen) atoms. The molecule has 1 heteroatoms. The summed E-state index contributed by atoms with van der Waals surface area (Å²) in [6.45, 7) is 6.02. The van der Waals surface area contributed by atoms with Gasteiger partial charge in [-0.15, -0.1) is 6.58 Å². The molecule has 0 aromatic heterocycles. The van der Waals surface area contributed by atoms with Crippen molar-refractivity contribution in [1.82, 2.24) is 0 Å². The average Bonchev–Trinajstić information content (AvgIpc) is 2.17. The molecule has 0 spiro atoms. The predicted octanol–water partition coefficient (Wildman–Crippen LogP) is 3.74. The van der Waals surface area contributed by atoms with E-state index < -0.39 is 0 Å². The number of unbranched alkanes of at least 4 members (excludes halogenated alkanes) is 3. The number of hydrogen-bond acceptors (Lipinski definition) is 1. The van der Waals surface area contributed by atoms with Crippen LogP contribution in [0.2, 0.25) is 0 Å². The van der Waals surface area contributed by atoms with Crippen molar-refractivity contribution in [3.05, 3.63) is 12.7 Å². The van der Waals surface area contributed by atoms with Crippen LogP contribution < -0.4 is 0 Å². The van der Waals surface area contributed by atoms with Gasteiger partial charge in [0.05, 0.1) is 0 Å². The molecule has 0 aromatic carbocycles. The zero-order valence-corrected chi connectivity index (χ0v) is 8.80. The maximum atomic E-state index is 10.2. The number of allylic oxidation sites excluding steroid dienone is 1. The molecular formula is C12H22O. The first-order chi connectivity index (χ1) is 6.35. The highest BCUT2D eigenvalue weighted by Gasteiger charge is 2.02. The van der Waals surface area contributed by atoms with E-state index in [9.17, 15) is 4.79 Å². The topological polar surface area (TPSA) is 17.1 Å². The second-order valence-corrected chi connectivity index (χ2v) is 3.59. The molecule has 0 fully saturated rings. The van der Waals surface area contributed by atoms with Crippen LogP contribution in [0.5, 0.6) is 0 Å². The quantitative estimate of drug-likeness (QED) is 0.301. The Labute approximate surface area is 82.2 Å². The molecule has 0 aliphatic rings. The van der Waals surface area contributed by atoms with Gasteiger partial charge in [-0.3, -0.25) is 0 Å². The van der Waals surface area contributed by atoms with Crippen molar-refractivity contribution in [3.8, 4) is 0 Å². The molecule has 0 saturated heterocycles. The number of rotatable bonds is 9. The van der Waals surface area contributed by atoms with Gasteiger partial charge in [0.15, 0.2) is 0 Å². The van der Waals surface area contributed by atoms with Gasteiger partial charge in [-0.25, -0.2) is 0 Å². The van der Waals surface area contributed by atoms with Gasteiger partial charge in [0, 0.05) is 6.42 Å². The minimum Gasteiger partial charge on any atom is -0.303 e. The smallest absolute Gasteiger partial charge is 0.120 e. The van der Waals surface area contributed by atoms with Gasteiger partial charge < -0.3 is 4.79 Å². The molecule has 0 radical (unpaired) electrons. The molecule has 0 heterocycles. The van der Waals surface area contributed by atoms with Crippen LogP contribution in [-0.4, -0.2) is 6.29 Å². The van der Waals surface area contributed by atoms with Gasteiger partial charge in [0.1, 0.15) is 6.29 Å². The van der Waals surface area contributed by atoms with Gasteiger partial charge in [-0.2, -0.15) is 0 Å². The summed E-state index contributed by atoms with van der Waals surface area (Å²) in [5.41, 5.74) is 0. The second kappa shape index (κ2) is 9.50. The van der Waals surface area contributed by atoms with Crippen molar-refractivity contribution in [2.24, 2.45) is 5.92 Å². The predicted molar refractivity (Wildman–Crippen MR) is 57.7 cm³/mol. The summed E-state index contributed by atoms with van der Waals surface area (Å²) >= 11 is 0. The second-order valence-electron chi connectivity index (χ2n) is 3.59. The summed E-state index contributed by atoms with van der Waals surface area (Å²) in [6.07, 6.45) is 11.1. The highest BCUT2D eigenvalue weighted by atomic mass is 16.1. The summed E-state index contributed by atoms with van der Waals surface area (Å²) < 4.78 is 0. The lowest BCUT2D eigenvalue weighted by molar-refractivity contribution is -0.108. The van der Waals surface area contributed by atoms with E-state index in [1.165, 1.54) is 32.1 Å². The van der Waals surface area contributed by atoms with Crippen molar-refractivity contribution in [3.63, 3.8) is 0 Å². The van der Waals surface area contributed by atoms with Gasteiger partial charge in [-0.05, 0) is 18.8 Å². The summed E-state index contributed by atoms with van der Waals surface area (Å²) in [7, 11) is 0. The zero-order valence-electron chi connectivity index (χ0n) is 8.80. The molecule has 0 unspecified atom stereocenters. The van der Waals surface area contributed by atoms with E-state index in [1.807, 2.05) is 6.08 Å². The lowest BCUT2D eigenvalue weighted by Crippen LogP contribution is -1.96. The Hall–Kier alpha value is -0.590. The number of carbonyl (C=O) groups excluding carboxylic acids is 1. The van der Waals surface area contributed by atoms with E-state index in [0.717, 1.165) is 12.7 Å². The summed E-state index contributed by atoms with van der Waals surface area (Å²) in [5.74, 6) is 0.557. The van der Waals surface area contributed by atoms with Gasteiger partial charge >= 0.3 is 0 Å². The maximum Gasteiger partial charge on any atom is 0.120 e. The Morgan fingerprint density at radius 1 is 1.23 bits per heavy atom. The third-order valence-corrected chi connectivity index (χ3v) is 2.42. The molecule has 0 saturated carbocycles. The fraction of sp³-hybridized carbons (Fsp3) is 0.750. The molecule has 0 aliphatic carbocycles. The van der Waals surface area contributed by atoms with Crippen molar-refractivity contribution in [1.29, 1.82) is 0 Å². The molecule has 0 rings (SSSR count). The van der Waals surface area contributed by atoms with Crippen LogP contribution in [0.25, 0.3) is 0 Å². The Balaban J connectivity index is 3.36. The van der Waals surface area contributed by atoms with E-state index in [-0.39, 0.29) is 0 Å². The van der Waals surface area contributed by atoms with Crippen LogP contribution >= 0.6 is 0 Å². The number of hydrogen-bond donors (Lipinski definition) is 0. The Morgan fingerprint density at radius 3 is 2.54 bits per heavy atom. The molecule has 0 N–H and O–H groups in total. The SMILES string of the molecule is C=C[C@@H](CCC=O)CCCCCC. The van der Waals surface area contributed by atoms with Crippen LogP contribution in [0.15, 0.2) is 12.7 Å². The highest BCUT2D eigenvalue weighted by molar-refractivity contribution is 5.49. The van der Waals surface area contributed by atoms with E-state index >= 15 is 0 Å². The van der Waals surface area contributed by atoms with Gasteiger partial charge in [-0.1, -0.05) is 38.7 Å². The molecule has 1 atom stereocenters. The minimum atomic E-state index is 0.557. The average molecular weight is 182 g/mol.